The molecule has 1 saturated heterocycles. The molecule has 1 rings (SSSR count). The summed E-state index contributed by atoms with van der Waals surface area (Å²) in [5.74, 6) is 0. The van der Waals surface area contributed by atoms with Gasteiger partial charge in [-0.05, 0) is 32.4 Å². The van der Waals surface area contributed by atoms with Gasteiger partial charge in [0.15, 0.2) is 0 Å². The van der Waals surface area contributed by atoms with Crippen LogP contribution in [0.5, 0.6) is 0 Å². The number of hydrogen-bond donors (Lipinski definition) is 1. The SMILES string of the molecule is CCCCN1CCCC1CNCCOC. The van der Waals surface area contributed by atoms with E-state index in [1.165, 1.54) is 38.8 Å². The van der Waals surface area contributed by atoms with Crippen LogP contribution in [0.15, 0.2) is 0 Å². The van der Waals surface area contributed by atoms with Crippen molar-refractivity contribution in [2.75, 3.05) is 39.9 Å². The lowest BCUT2D eigenvalue weighted by Gasteiger charge is -2.24. The van der Waals surface area contributed by atoms with Crippen molar-refractivity contribution in [1.82, 2.24) is 10.2 Å². The highest BCUT2D eigenvalue weighted by Gasteiger charge is 2.22. The van der Waals surface area contributed by atoms with Crippen molar-refractivity contribution >= 4 is 0 Å². The van der Waals surface area contributed by atoms with E-state index in [9.17, 15) is 0 Å². The number of nitrogens with one attached hydrogen (secondary N) is 1. The maximum atomic E-state index is 5.02. The zero-order valence-electron chi connectivity index (χ0n) is 10.3. The molecule has 0 amide bonds. The van der Waals surface area contributed by atoms with E-state index in [1.807, 2.05) is 0 Å². The summed E-state index contributed by atoms with van der Waals surface area (Å²) in [6.07, 6.45) is 5.39. The third-order valence-electron chi connectivity index (χ3n) is 3.16. The molecule has 1 aliphatic heterocycles. The number of hydrogen-bond acceptors (Lipinski definition) is 3. The highest BCUT2D eigenvalue weighted by atomic mass is 16.5. The van der Waals surface area contributed by atoms with Crippen molar-refractivity contribution in [3.8, 4) is 0 Å². The average molecular weight is 214 g/mol. The van der Waals surface area contributed by atoms with Gasteiger partial charge in [-0.3, -0.25) is 4.90 Å². The van der Waals surface area contributed by atoms with Crippen molar-refractivity contribution in [3.05, 3.63) is 0 Å². The summed E-state index contributed by atoms with van der Waals surface area (Å²) in [5, 5.41) is 3.47. The minimum atomic E-state index is 0.772. The van der Waals surface area contributed by atoms with Crippen LogP contribution in [0.1, 0.15) is 32.6 Å². The smallest absolute Gasteiger partial charge is 0.0587 e. The molecule has 0 aromatic rings. The summed E-state index contributed by atoms with van der Waals surface area (Å²) < 4.78 is 5.02. The van der Waals surface area contributed by atoms with Crippen molar-refractivity contribution < 1.29 is 4.74 Å². The first kappa shape index (κ1) is 12.9. The first-order valence-corrected chi connectivity index (χ1v) is 6.32. The first-order valence-electron chi connectivity index (χ1n) is 6.32. The first-order chi connectivity index (χ1) is 7.38. The van der Waals surface area contributed by atoms with Gasteiger partial charge in [0.05, 0.1) is 6.61 Å². The Morgan fingerprint density at radius 3 is 3.07 bits per heavy atom. The molecule has 0 aromatic carbocycles. The van der Waals surface area contributed by atoms with Gasteiger partial charge in [-0.2, -0.15) is 0 Å². The number of methoxy groups -OCH3 is 1. The fraction of sp³-hybridized carbons (Fsp3) is 1.00. The van der Waals surface area contributed by atoms with Gasteiger partial charge in [-0.15, -0.1) is 0 Å². The second kappa shape index (κ2) is 8.08. The van der Waals surface area contributed by atoms with Crippen molar-refractivity contribution in [1.29, 1.82) is 0 Å². The monoisotopic (exact) mass is 214 g/mol. The summed E-state index contributed by atoms with van der Waals surface area (Å²) in [7, 11) is 1.75. The lowest BCUT2D eigenvalue weighted by atomic mass is 10.2. The summed E-state index contributed by atoms with van der Waals surface area (Å²) in [5.41, 5.74) is 0. The Labute approximate surface area is 94.2 Å². The second-order valence-electron chi connectivity index (χ2n) is 4.38. The van der Waals surface area contributed by atoms with Crippen molar-refractivity contribution in [3.63, 3.8) is 0 Å². The van der Waals surface area contributed by atoms with Gasteiger partial charge in [0.25, 0.3) is 0 Å². The van der Waals surface area contributed by atoms with E-state index in [2.05, 4.69) is 17.1 Å². The lowest BCUT2D eigenvalue weighted by Crippen LogP contribution is -2.39. The summed E-state index contributed by atoms with van der Waals surface area (Å²) in [4.78, 5) is 2.64. The van der Waals surface area contributed by atoms with E-state index in [4.69, 9.17) is 4.74 Å². The molecule has 1 fully saturated rings. The van der Waals surface area contributed by atoms with E-state index in [-0.39, 0.29) is 0 Å². The Balaban J connectivity index is 2.09. The quantitative estimate of drug-likeness (QED) is 0.620. The standard InChI is InChI=1S/C12H26N2O/c1-3-4-8-14-9-5-6-12(14)11-13-7-10-15-2/h12-13H,3-11H2,1-2H3. The molecule has 0 aliphatic carbocycles. The highest BCUT2D eigenvalue weighted by Crippen LogP contribution is 2.16. The minimum Gasteiger partial charge on any atom is -0.383 e. The van der Waals surface area contributed by atoms with Gasteiger partial charge < -0.3 is 10.1 Å². The molecule has 1 unspecified atom stereocenters. The Morgan fingerprint density at radius 1 is 1.47 bits per heavy atom. The molecule has 15 heavy (non-hydrogen) atoms. The molecule has 1 N–H and O–H groups in total. The maximum absolute atomic E-state index is 5.02. The normalized spacial score (nSPS) is 22.4. The van der Waals surface area contributed by atoms with Crippen LogP contribution >= 0.6 is 0 Å². The molecule has 0 radical (unpaired) electrons. The second-order valence-corrected chi connectivity index (χ2v) is 4.38. The number of rotatable bonds is 8. The van der Waals surface area contributed by atoms with Crippen LogP contribution in [-0.2, 0) is 4.74 Å². The van der Waals surface area contributed by atoms with Gasteiger partial charge in [0.1, 0.15) is 0 Å². The van der Waals surface area contributed by atoms with Gasteiger partial charge in [-0.25, -0.2) is 0 Å². The van der Waals surface area contributed by atoms with Gasteiger partial charge in [-0.1, -0.05) is 13.3 Å². The van der Waals surface area contributed by atoms with E-state index in [0.29, 0.717) is 0 Å². The molecule has 0 spiro atoms. The van der Waals surface area contributed by atoms with Crippen LogP contribution in [0.3, 0.4) is 0 Å². The van der Waals surface area contributed by atoms with Gasteiger partial charge in [0.2, 0.25) is 0 Å². The summed E-state index contributed by atoms with van der Waals surface area (Å²) in [6.45, 7) is 7.79. The Bertz CT molecular complexity index is 153. The number of unbranched alkanes of at least 4 members (excludes halogenated alkanes) is 1. The number of ether oxygens (including phenoxy) is 1. The fourth-order valence-electron chi connectivity index (χ4n) is 2.22. The van der Waals surface area contributed by atoms with E-state index >= 15 is 0 Å². The number of likely N-dealkylation sites (tertiary alicyclic amines) is 1. The molecule has 3 heteroatoms. The van der Waals surface area contributed by atoms with Gasteiger partial charge in [0, 0.05) is 26.2 Å². The van der Waals surface area contributed by atoms with E-state index < -0.39 is 0 Å². The third-order valence-corrected chi connectivity index (χ3v) is 3.16. The van der Waals surface area contributed by atoms with Crippen LogP contribution in [0.4, 0.5) is 0 Å². The summed E-state index contributed by atoms with van der Waals surface area (Å²) >= 11 is 0. The lowest BCUT2D eigenvalue weighted by molar-refractivity contribution is 0.191. The third kappa shape index (κ3) is 4.96. The predicted molar refractivity (Wildman–Crippen MR) is 64.2 cm³/mol. The van der Waals surface area contributed by atoms with Crippen molar-refractivity contribution in [2.24, 2.45) is 0 Å². The van der Waals surface area contributed by atoms with Crippen LogP contribution in [0, 0.1) is 0 Å². The maximum Gasteiger partial charge on any atom is 0.0587 e. The van der Waals surface area contributed by atoms with Crippen LogP contribution < -0.4 is 5.32 Å². The Kier molecular flexibility index (Phi) is 6.98. The zero-order valence-corrected chi connectivity index (χ0v) is 10.3. The van der Waals surface area contributed by atoms with E-state index in [1.54, 1.807) is 7.11 Å². The van der Waals surface area contributed by atoms with Crippen LogP contribution in [0.25, 0.3) is 0 Å². The topological polar surface area (TPSA) is 24.5 Å². The van der Waals surface area contributed by atoms with Gasteiger partial charge >= 0.3 is 0 Å². The molecule has 1 aliphatic rings. The molecular weight excluding hydrogens is 188 g/mol. The largest absolute Gasteiger partial charge is 0.383 e. The molecule has 3 nitrogen and oxygen atoms in total. The molecule has 1 atom stereocenters. The fourth-order valence-corrected chi connectivity index (χ4v) is 2.22. The minimum absolute atomic E-state index is 0.772. The Hall–Kier alpha value is -0.120. The van der Waals surface area contributed by atoms with Crippen LogP contribution in [0.2, 0.25) is 0 Å². The van der Waals surface area contributed by atoms with E-state index in [0.717, 1.165) is 25.7 Å². The highest BCUT2D eigenvalue weighted by molar-refractivity contribution is 4.80. The zero-order chi connectivity index (χ0) is 10.9. The van der Waals surface area contributed by atoms with Crippen molar-refractivity contribution in [2.45, 2.75) is 38.6 Å². The molecular formula is C12H26N2O. The average Bonchev–Trinajstić information content (AvgIpc) is 2.69. The number of nitrogens with zero attached hydrogens (tertiary/aromatic N) is 1. The summed E-state index contributed by atoms with van der Waals surface area (Å²) in [6, 6.07) is 0.772. The molecule has 90 valence electrons. The molecule has 0 saturated carbocycles. The Morgan fingerprint density at radius 2 is 2.33 bits per heavy atom. The molecule has 0 bridgehead atoms. The molecule has 0 aromatic heterocycles. The molecule has 1 heterocycles. The van der Waals surface area contributed by atoms with Crippen LogP contribution in [-0.4, -0.2) is 50.8 Å². The predicted octanol–water partition coefficient (Wildman–Crippen LogP) is 1.49.